The van der Waals surface area contributed by atoms with Gasteiger partial charge in [-0.1, -0.05) is 51.4 Å². The zero-order valence-corrected chi connectivity index (χ0v) is 9.43. The van der Waals surface area contributed by atoms with Crippen molar-refractivity contribution in [3.05, 3.63) is 0 Å². The third kappa shape index (κ3) is 2.73. The molecule has 2 saturated carbocycles. The molecule has 1 heteroatoms. The number of rotatable bonds is 0. The van der Waals surface area contributed by atoms with Gasteiger partial charge < -0.3 is 5.73 Å². The zero-order chi connectivity index (χ0) is 9.86. The van der Waals surface area contributed by atoms with Crippen molar-refractivity contribution >= 4 is 0 Å². The Hall–Kier alpha value is -0.0400. The van der Waals surface area contributed by atoms with E-state index < -0.39 is 0 Å². The van der Waals surface area contributed by atoms with Crippen molar-refractivity contribution in [3.63, 3.8) is 0 Å². The fourth-order valence-electron chi connectivity index (χ4n) is 3.43. The summed E-state index contributed by atoms with van der Waals surface area (Å²) in [6.45, 7) is 0. The number of hydrogen-bond donors (Lipinski definition) is 1. The second kappa shape index (κ2) is 4.65. The lowest BCUT2D eigenvalue weighted by molar-refractivity contribution is 0.291. The Labute approximate surface area is 88.4 Å². The summed E-state index contributed by atoms with van der Waals surface area (Å²) in [4.78, 5) is 0. The number of hydrogen-bond acceptors (Lipinski definition) is 1. The van der Waals surface area contributed by atoms with Gasteiger partial charge in [0.2, 0.25) is 0 Å². The lowest BCUT2D eigenvalue weighted by Crippen LogP contribution is -2.40. The van der Waals surface area contributed by atoms with Crippen LogP contribution in [-0.4, -0.2) is 5.54 Å². The molecule has 0 amide bonds. The Balaban J connectivity index is 2.02. The highest BCUT2D eigenvalue weighted by molar-refractivity contribution is 4.89. The molecule has 2 N–H and O–H groups in total. The van der Waals surface area contributed by atoms with Gasteiger partial charge in [-0.3, -0.25) is 0 Å². The molecule has 0 aromatic heterocycles. The Morgan fingerprint density at radius 3 is 2.14 bits per heavy atom. The second-order valence-corrected chi connectivity index (χ2v) is 5.63. The molecule has 0 heterocycles. The molecule has 0 aliphatic heterocycles. The molecule has 1 unspecified atom stereocenters. The van der Waals surface area contributed by atoms with E-state index in [4.69, 9.17) is 5.73 Å². The summed E-state index contributed by atoms with van der Waals surface area (Å²) in [6, 6.07) is 0. The molecular formula is C13H25N. The molecule has 2 fully saturated rings. The van der Waals surface area contributed by atoms with Crippen LogP contribution >= 0.6 is 0 Å². The molecule has 0 spiro atoms. The van der Waals surface area contributed by atoms with Crippen molar-refractivity contribution in [2.75, 3.05) is 0 Å². The van der Waals surface area contributed by atoms with Crippen LogP contribution < -0.4 is 5.73 Å². The van der Waals surface area contributed by atoms with E-state index in [0.29, 0.717) is 0 Å². The van der Waals surface area contributed by atoms with Gasteiger partial charge in [-0.15, -0.1) is 0 Å². The van der Waals surface area contributed by atoms with Gasteiger partial charge in [-0.2, -0.15) is 0 Å². The van der Waals surface area contributed by atoms with Gasteiger partial charge in [0.05, 0.1) is 0 Å². The first-order valence-corrected chi connectivity index (χ1v) is 6.57. The van der Waals surface area contributed by atoms with Crippen molar-refractivity contribution < 1.29 is 0 Å². The molecule has 2 aliphatic carbocycles. The summed E-state index contributed by atoms with van der Waals surface area (Å²) in [6.07, 6.45) is 15.4. The van der Waals surface area contributed by atoms with Crippen LogP contribution in [0, 0.1) is 5.92 Å². The molecular weight excluding hydrogens is 170 g/mol. The van der Waals surface area contributed by atoms with E-state index >= 15 is 0 Å². The standard InChI is InChI=1S/C13H25N/c14-13-9-5-2-1-3-7-12(11-13)8-4-6-10-13/h12H,1-11,14H2/t12-,13?/m1/s1. The molecule has 82 valence electrons. The predicted octanol–water partition coefficient (Wildman–Crippen LogP) is 3.62. The van der Waals surface area contributed by atoms with E-state index in [1.165, 1.54) is 70.6 Å². The van der Waals surface area contributed by atoms with Gasteiger partial charge in [-0.25, -0.2) is 0 Å². The highest BCUT2D eigenvalue weighted by atomic mass is 14.7. The van der Waals surface area contributed by atoms with Crippen LogP contribution in [0.3, 0.4) is 0 Å². The van der Waals surface area contributed by atoms with Gasteiger partial charge in [0.1, 0.15) is 0 Å². The fraction of sp³-hybridized carbons (Fsp3) is 1.00. The molecule has 0 radical (unpaired) electrons. The normalized spacial score (nSPS) is 40.5. The third-order valence-corrected chi connectivity index (χ3v) is 4.27. The summed E-state index contributed by atoms with van der Waals surface area (Å²) in [7, 11) is 0. The van der Waals surface area contributed by atoms with Crippen LogP contribution in [0.5, 0.6) is 0 Å². The van der Waals surface area contributed by atoms with Gasteiger partial charge >= 0.3 is 0 Å². The third-order valence-electron chi connectivity index (χ3n) is 4.27. The molecule has 14 heavy (non-hydrogen) atoms. The summed E-state index contributed by atoms with van der Waals surface area (Å²) in [5.74, 6) is 0.959. The van der Waals surface area contributed by atoms with Crippen LogP contribution in [0.2, 0.25) is 0 Å². The van der Waals surface area contributed by atoms with Crippen LogP contribution in [0.25, 0.3) is 0 Å². The summed E-state index contributed by atoms with van der Waals surface area (Å²) in [5.41, 5.74) is 6.77. The monoisotopic (exact) mass is 195 g/mol. The molecule has 0 saturated heterocycles. The SMILES string of the molecule is NC12CCCCCC[C@H](CCCC1)C2. The minimum absolute atomic E-state index is 0.228. The topological polar surface area (TPSA) is 26.0 Å². The van der Waals surface area contributed by atoms with E-state index in [9.17, 15) is 0 Å². The molecule has 2 bridgehead atoms. The van der Waals surface area contributed by atoms with Gasteiger partial charge in [0.25, 0.3) is 0 Å². The average molecular weight is 195 g/mol. The van der Waals surface area contributed by atoms with Gasteiger partial charge in [-0.05, 0) is 25.2 Å². The minimum Gasteiger partial charge on any atom is -0.325 e. The lowest BCUT2D eigenvalue weighted by Gasteiger charge is -2.30. The maximum Gasteiger partial charge on any atom is 0.0157 e. The summed E-state index contributed by atoms with van der Waals surface area (Å²) >= 11 is 0. The van der Waals surface area contributed by atoms with Crippen molar-refractivity contribution in [2.45, 2.75) is 76.2 Å². The first-order chi connectivity index (χ1) is 6.79. The van der Waals surface area contributed by atoms with Gasteiger partial charge in [0.15, 0.2) is 0 Å². The molecule has 2 aliphatic rings. The molecule has 0 aromatic carbocycles. The molecule has 1 nitrogen and oxygen atoms in total. The van der Waals surface area contributed by atoms with Gasteiger partial charge in [0, 0.05) is 5.54 Å². The van der Waals surface area contributed by atoms with Crippen molar-refractivity contribution in [1.82, 2.24) is 0 Å². The van der Waals surface area contributed by atoms with Crippen LogP contribution in [0.1, 0.15) is 70.6 Å². The molecule has 2 rings (SSSR count). The molecule has 0 aromatic rings. The maximum atomic E-state index is 6.54. The molecule has 2 atom stereocenters. The highest BCUT2D eigenvalue weighted by Gasteiger charge is 2.30. The first-order valence-electron chi connectivity index (χ1n) is 6.57. The quantitative estimate of drug-likeness (QED) is 0.627. The summed E-state index contributed by atoms with van der Waals surface area (Å²) in [5, 5.41) is 0. The highest BCUT2D eigenvalue weighted by Crippen LogP contribution is 2.36. The van der Waals surface area contributed by atoms with E-state index in [1.54, 1.807) is 0 Å². The van der Waals surface area contributed by atoms with E-state index in [1.807, 2.05) is 0 Å². The van der Waals surface area contributed by atoms with Crippen LogP contribution in [0.4, 0.5) is 0 Å². The Morgan fingerprint density at radius 1 is 0.786 bits per heavy atom. The number of fused-ring (bicyclic) bond motifs is 2. The fourth-order valence-corrected chi connectivity index (χ4v) is 3.43. The maximum absolute atomic E-state index is 6.54. The Bertz CT molecular complexity index is 178. The van der Waals surface area contributed by atoms with Crippen molar-refractivity contribution in [1.29, 1.82) is 0 Å². The lowest BCUT2D eigenvalue weighted by atomic mass is 9.82. The van der Waals surface area contributed by atoms with Crippen molar-refractivity contribution in [2.24, 2.45) is 11.7 Å². The first kappa shape index (κ1) is 10.5. The summed E-state index contributed by atoms with van der Waals surface area (Å²) < 4.78 is 0. The van der Waals surface area contributed by atoms with E-state index in [-0.39, 0.29) is 5.54 Å². The van der Waals surface area contributed by atoms with Crippen molar-refractivity contribution in [3.8, 4) is 0 Å². The second-order valence-electron chi connectivity index (χ2n) is 5.63. The van der Waals surface area contributed by atoms with E-state index in [2.05, 4.69) is 0 Å². The number of nitrogens with two attached hydrogens (primary N) is 1. The smallest absolute Gasteiger partial charge is 0.0157 e. The average Bonchev–Trinajstić information content (AvgIpc) is 2.27. The van der Waals surface area contributed by atoms with Crippen LogP contribution in [0.15, 0.2) is 0 Å². The minimum atomic E-state index is 0.228. The predicted molar refractivity (Wildman–Crippen MR) is 61.2 cm³/mol. The Morgan fingerprint density at radius 2 is 1.36 bits per heavy atom. The zero-order valence-electron chi connectivity index (χ0n) is 9.43. The largest absolute Gasteiger partial charge is 0.325 e. The van der Waals surface area contributed by atoms with E-state index in [0.717, 1.165) is 5.92 Å². The van der Waals surface area contributed by atoms with Crippen LogP contribution in [-0.2, 0) is 0 Å². The Kier molecular flexibility index (Phi) is 3.48.